The first-order chi connectivity index (χ1) is 4.86. The van der Waals surface area contributed by atoms with Gasteiger partial charge in [-0.15, -0.1) is 15.3 Å². The quantitative estimate of drug-likeness (QED) is 0.524. The molecule has 2 rings (SSSR count). The minimum atomic E-state index is 0.684. The molecule has 0 aliphatic rings. The lowest BCUT2D eigenvalue weighted by atomic mass is 10.6. The second-order valence-electron chi connectivity index (χ2n) is 2.06. The van der Waals surface area contributed by atoms with Crippen molar-refractivity contribution in [3.05, 3.63) is 24.2 Å². The smallest absolute Gasteiger partial charge is 0.175 e. The molecule has 4 heteroatoms. The van der Waals surface area contributed by atoms with Crippen molar-refractivity contribution in [1.82, 2.24) is 19.8 Å². The maximum Gasteiger partial charge on any atom is 0.175 e. The van der Waals surface area contributed by atoms with Crippen LogP contribution in [0.25, 0.3) is 5.65 Å². The standard InChI is InChI=1S/C6H6N4/c1-5-7-8-6-3-2-4-10(6)9-5/h2-4H,1H3. The Balaban J connectivity index is 2.86. The van der Waals surface area contributed by atoms with Gasteiger partial charge in [0, 0.05) is 6.20 Å². The number of aryl methyl sites for hydroxylation is 1. The number of rotatable bonds is 0. The zero-order chi connectivity index (χ0) is 6.97. The SMILES string of the molecule is Cc1nnc2cccn2n1. The van der Waals surface area contributed by atoms with Gasteiger partial charge in [0.1, 0.15) is 0 Å². The van der Waals surface area contributed by atoms with Crippen molar-refractivity contribution in [3.63, 3.8) is 0 Å². The van der Waals surface area contributed by atoms with Gasteiger partial charge in [0.05, 0.1) is 0 Å². The van der Waals surface area contributed by atoms with E-state index in [2.05, 4.69) is 15.3 Å². The number of hydrogen-bond acceptors (Lipinski definition) is 3. The summed E-state index contributed by atoms with van der Waals surface area (Å²) in [6.45, 7) is 1.81. The Kier molecular flexibility index (Phi) is 0.943. The van der Waals surface area contributed by atoms with E-state index >= 15 is 0 Å². The van der Waals surface area contributed by atoms with Crippen LogP contribution in [0.2, 0.25) is 0 Å². The van der Waals surface area contributed by atoms with E-state index in [1.165, 1.54) is 0 Å². The second-order valence-corrected chi connectivity index (χ2v) is 2.06. The summed E-state index contributed by atoms with van der Waals surface area (Å²) in [5, 5.41) is 11.8. The molecule has 0 atom stereocenters. The molecule has 2 aromatic heterocycles. The van der Waals surface area contributed by atoms with Gasteiger partial charge >= 0.3 is 0 Å². The largest absolute Gasteiger partial charge is 0.219 e. The Hall–Kier alpha value is -1.45. The molecule has 0 aliphatic carbocycles. The van der Waals surface area contributed by atoms with E-state index in [4.69, 9.17) is 0 Å². The predicted octanol–water partition coefficient (Wildman–Crippen LogP) is 0.433. The number of fused-ring (bicyclic) bond motifs is 1. The molecule has 0 aromatic carbocycles. The number of nitrogens with zero attached hydrogens (tertiary/aromatic N) is 4. The van der Waals surface area contributed by atoms with E-state index in [1.807, 2.05) is 25.3 Å². The molecule has 10 heavy (non-hydrogen) atoms. The van der Waals surface area contributed by atoms with Gasteiger partial charge in [0.25, 0.3) is 0 Å². The van der Waals surface area contributed by atoms with E-state index in [1.54, 1.807) is 4.52 Å². The third kappa shape index (κ3) is 0.655. The van der Waals surface area contributed by atoms with Crippen molar-refractivity contribution in [2.75, 3.05) is 0 Å². The average molecular weight is 134 g/mol. The third-order valence-electron chi connectivity index (χ3n) is 1.26. The summed E-state index contributed by atoms with van der Waals surface area (Å²) in [5.41, 5.74) is 0.783. The highest BCUT2D eigenvalue weighted by Gasteiger charge is 1.93. The van der Waals surface area contributed by atoms with E-state index < -0.39 is 0 Å². The summed E-state index contributed by atoms with van der Waals surface area (Å²) in [6.07, 6.45) is 1.84. The molecule has 0 saturated carbocycles. The lowest BCUT2D eigenvalue weighted by molar-refractivity contribution is 0.790. The lowest BCUT2D eigenvalue weighted by Gasteiger charge is -1.90. The highest BCUT2D eigenvalue weighted by Crippen LogP contribution is 1.94. The number of hydrogen-bond donors (Lipinski definition) is 0. The predicted molar refractivity (Wildman–Crippen MR) is 35.5 cm³/mol. The van der Waals surface area contributed by atoms with Gasteiger partial charge in [0.2, 0.25) is 0 Å². The van der Waals surface area contributed by atoms with Crippen molar-refractivity contribution in [1.29, 1.82) is 0 Å². The first kappa shape index (κ1) is 5.34. The van der Waals surface area contributed by atoms with Crippen LogP contribution in [0.3, 0.4) is 0 Å². The van der Waals surface area contributed by atoms with Gasteiger partial charge in [-0.3, -0.25) is 0 Å². The highest BCUT2D eigenvalue weighted by atomic mass is 15.3. The Bertz CT molecular complexity index is 351. The molecular weight excluding hydrogens is 128 g/mol. The van der Waals surface area contributed by atoms with Crippen LogP contribution in [-0.2, 0) is 0 Å². The van der Waals surface area contributed by atoms with Crippen molar-refractivity contribution in [3.8, 4) is 0 Å². The molecule has 4 nitrogen and oxygen atoms in total. The molecule has 2 aromatic rings. The van der Waals surface area contributed by atoms with E-state index in [0.29, 0.717) is 5.82 Å². The van der Waals surface area contributed by atoms with Crippen LogP contribution in [0.1, 0.15) is 5.82 Å². The van der Waals surface area contributed by atoms with Crippen LogP contribution in [0.15, 0.2) is 18.3 Å². The zero-order valence-electron chi connectivity index (χ0n) is 5.52. The van der Waals surface area contributed by atoms with Crippen LogP contribution in [-0.4, -0.2) is 19.8 Å². The van der Waals surface area contributed by atoms with Gasteiger partial charge < -0.3 is 0 Å². The molecular formula is C6H6N4. The Labute approximate surface area is 57.5 Å². The minimum absolute atomic E-state index is 0.684. The van der Waals surface area contributed by atoms with Crippen LogP contribution < -0.4 is 0 Å². The Morgan fingerprint density at radius 1 is 1.40 bits per heavy atom. The molecule has 0 aliphatic heterocycles. The summed E-state index contributed by atoms with van der Waals surface area (Å²) in [6, 6.07) is 3.75. The van der Waals surface area contributed by atoms with Crippen molar-refractivity contribution < 1.29 is 0 Å². The summed E-state index contributed by atoms with van der Waals surface area (Å²) < 4.78 is 1.70. The van der Waals surface area contributed by atoms with Crippen molar-refractivity contribution in [2.24, 2.45) is 0 Å². The molecule has 0 radical (unpaired) electrons. The zero-order valence-corrected chi connectivity index (χ0v) is 5.52. The van der Waals surface area contributed by atoms with E-state index in [-0.39, 0.29) is 0 Å². The topological polar surface area (TPSA) is 43.1 Å². The van der Waals surface area contributed by atoms with Gasteiger partial charge in [-0.25, -0.2) is 4.52 Å². The molecule has 0 bridgehead atoms. The van der Waals surface area contributed by atoms with Crippen LogP contribution in [0.5, 0.6) is 0 Å². The molecule has 0 unspecified atom stereocenters. The average Bonchev–Trinajstić information content (AvgIpc) is 2.33. The Morgan fingerprint density at radius 3 is 3.20 bits per heavy atom. The molecule has 0 saturated heterocycles. The molecule has 50 valence electrons. The Morgan fingerprint density at radius 2 is 2.30 bits per heavy atom. The van der Waals surface area contributed by atoms with Crippen LogP contribution in [0, 0.1) is 6.92 Å². The van der Waals surface area contributed by atoms with Crippen molar-refractivity contribution in [2.45, 2.75) is 6.92 Å². The normalized spacial score (nSPS) is 10.5. The molecule has 0 spiro atoms. The first-order valence-corrected chi connectivity index (χ1v) is 3.01. The molecule has 0 amide bonds. The summed E-state index contributed by atoms with van der Waals surface area (Å²) in [7, 11) is 0. The van der Waals surface area contributed by atoms with Crippen molar-refractivity contribution >= 4 is 5.65 Å². The summed E-state index contributed by atoms with van der Waals surface area (Å²) >= 11 is 0. The fraction of sp³-hybridized carbons (Fsp3) is 0.167. The first-order valence-electron chi connectivity index (χ1n) is 3.01. The maximum atomic E-state index is 4.08. The van der Waals surface area contributed by atoms with Gasteiger partial charge in [-0.2, -0.15) is 0 Å². The second kappa shape index (κ2) is 1.76. The van der Waals surface area contributed by atoms with Gasteiger partial charge in [-0.05, 0) is 19.1 Å². The monoisotopic (exact) mass is 134 g/mol. The molecule has 0 N–H and O–H groups in total. The summed E-state index contributed by atoms with van der Waals surface area (Å²) in [4.78, 5) is 0. The molecule has 0 fully saturated rings. The highest BCUT2D eigenvalue weighted by molar-refractivity contribution is 5.34. The maximum absolute atomic E-state index is 4.08. The fourth-order valence-electron chi connectivity index (χ4n) is 0.827. The summed E-state index contributed by atoms with van der Waals surface area (Å²) in [5.74, 6) is 0.684. The third-order valence-corrected chi connectivity index (χ3v) is 1.26. The minimum Gasteiger partial charge on any atom is -0.219 e. The van der Waals surface area contributed by atoms with Gasteiger partial charge in [-0.1, -0.05) is 0 Å². The molecule has 2 heterocycles. The van der Waals surface area contributed by atoms with Gasteiger partial charge in [0.15, 0.2) is 11.5 Å². The lowest BCUT2D eigenvalue weighted by Crippen LogP contribution is -1.98. The number of aromatic nitrogens is 4. The van der Waals surface area contributed by atoms with E-state index in [9.17, 15) is 0 Å². The fourth-order valence-corrected chi connectivity index (χ4v) is 0.827. The van der Waals surface area contributed by atoms with Crippen LogP contribution >= 0.6 is 0 Å². The van der Waals surface area contributed by atoms with E-state index in [0.717, 1.165) is 5.65 Å². The van der Waals surface area contributed by atoms with Crippen LogP contribution in [0.4, 0.5) is 0 Å².